The molecule has 1 amide bonds. The van der Waals surface area contributed by atoms with E-state index in [9.17, 15) is 4.79 Å². The Morgan fingerprint density at radius 2 is 2.17 bits per heavy atom. The summed E-state index contributed by atoms with van der Waals surface area (Å²) in [7, 11) is 0. The van der Waals surface area contributed by atoms with Gasteiger partial charge in [0, 0.05) is 16.2 Å². The van der Waals surface area contributed by atoms with E-state index in [1.807, 2.05) is 36.0 Å². The maximum Gasteiger partial charge on any atom is 0.252 e. The summed E-state index contributed by atoms with van der Waals surface area (Å²) in [6, 6.07) is 7.76. The molecule has 1 saturated carbocycles. The molecule has 0 aromatic heterocycles. The minimum absolute atomic E-state index is 0.00681. The van der Waals surface area contributed by atoms with Crippen LogP contribution in [0.15, 0.2) is 29.2 Å². The molecule has 2 nitrogen and oxygen atoms in total. The average Bonchev–Trinajstić information content (AvgIpc) is 2.39. The standard InChI is InChI=1S/C14H19NOS2/c1-18-11-6-4-5-10(9-11)15-14(16)12-7-2-3-8-13(12)17/h2-3,7-8,10-11,17H,4-6,9H2,1H3,(H,15,16). The van der Waals surface area contributed by atoms with Crippen molar-refractivity contribution in [2.24, 2.45) is 0 Å². The zero-order valence-corrected chi connectivity index (χ0v) is 12.3. The van der Waals surface area contributed by atoms with Gasteiger partial charge in [0.15, 0.2) is 0 Å². The first kappa shape index (κ1) is 13.8. The number of hydrogen-bond acceptors (Lipinski definition) is 3. The molecule has 4 heteroatoms. The van der Waals surface area contributed by atoms with Gasteiger partial charge in [0.25, 0.3) is 5.91 Å². The van der Waals surface area contributed by atoms with Crippen LogP contribution in [-0.2, 0) is 0 Å². The second-order valence-corrected chi connectivity index (χ2v) is 6.33. The lowest BCUT2D eigenvalue weighted by molar-refractivity contribution is 0.0925. The van der Waals surface area contributed by atoms with Gasteiger partial charge in [0.05, 0.1) is 5.56 Å². The summed E-state index contributed by atoms with van der Waals surface area (Å²) in [5.41, 5.74) is 0.673. The van der Waals surface area contributed by atoms with Crippen molar-refractivity contribution in [1.82, 2.24) is 5.32 Å². The van der Waals surface area contributed by atoms with Crippen LogP contribution in [0.5, 0.6) is 0 Å². The minimum Gasteiger partial charge on any atom is -0.349 e. The van der Waals surface area contributed by atoms with Gasteiger partial charge in [0.1, 0.15) is 0 Å². The zero-order chi connectivity index (χ0) is 13.0. The van der Waals surface area contributed by atoms with Gasteiger partial charge in [-0.1, -0.05) is 18.6 Å². The van der Waals surface area contributed by atoms with E-state index >= 15 is 0 Å². The number of amides is 1. The topological polar surface area (TPSA) is 29.1 Å². The van der Waals surface area contributed by atoms with Gasteiger partial charge in [-0.05, 0) is 37.7 Å². The molecule has 0 aliphatic heterocycles. The summed E-state index contributed by atoms with van der Waals surface area (Å²) < 4.78 is 0. The van der Waals surface area contributed by atoms with Crippen LogP contribution in [0, 0.1) is 0 Å². The van der Waals surface area contributed by atoms with Crippen LogP contribution in [0.3, 0.4) is 0 Å². The van der Waals surface area contributed by atoms with Gasteiger partial charge in [0.2, 0.25) is 0 Å². The quantitative estimate of drug-likeness (QED) is 0.832. The lowest BCUT2D eigenvalue weighted by Crippen LogP contribution is -2.39. The largest absolute Gasteiger partial charge is 0.349 e. The SMILES string of the molecule is CSC1CCCC(NC(=O)c2ccccc2S)C1. The Morgan fingerprint density at radius 1 is 1.39 bits per heavy atom. The summed E-state index contributed by atoms with van der Waals surface area (Å²) in [5, 5.41) is 3.83. The number of nitrogens with one attached hydrogen (secondary N) is 1. The van der Waals surface area contributed by atoms with Gasteiger partial charge in [-0.25, -0.2) is 0 Å². The summed E-state index contributed by atoms with van der Waals surface area (Å²) >= 11 is 6.24. The van der Waals surface area contributed by atoms with Gasteiger partial charge in [-0.3, -0.25) is 4.79 Å². The van der Waals surface area contributed by atoms with Gasteiger partial charge >= 0.3 is 0 Å². The molecule has 1 aromatic carbocycles. The molecule has 2 rings (SSSR count). The fraction of sp³-hybridized carbons (Fsp3) is 0.500. The van der Waals surface area contributed by atoms with E-state index in [4.69, 9.17) is 0 Å². The molecule has 1 aliphatic rings. The molecular formula is C14H19NOS2. The van der Waals surface area contributed by atoms with E-state index in [0.717, 1.165) is 17.7 Å². The number of carbonyl (C=O) groups is 1. The molecule has 98 valence electrons. The molecule has 0 radical (unpaired) electrons. The smallest absolute Gasteiger partial charge is 0.252 e. The Bertz CT molecular complexity index is 422. The summed E-state index contributed by atoms with van der Waals surface area (Å²) in [4.78, 5) is 12.9. The van der Waals surface area contributed by atoms with Crippen molar-refractivity contribution >= 4 is 30.3 Å². The molecule has 0 spiro atoms. The minimum atomic E-state index is 0.00681. The van der Waals surface area contributed by atoms with E-state index < -0.39 is 0 Å². The zero-order valence-electron chi connectivity index (χ0n) is 10.6. The van der Waals surface area contributed by atoms with E-state index in [0.29, 0.717) is 16.9 Å². The van der Waals surface area contributed by atoms with E-state index in [1.54, 1.807) is 0 Å². The summed E-state index contributed by atoms with van der Waals surface area (Å²) in [5.74, 6) is 0.00681. The predicted molar refractivity (Wildman–Crippen MR) is 80.7 cm³/mol. The predicted octanol–water partition coefficient (Wildman–Crippen LogP) is 3.38. The number of benzene rings is 1. The molecule has 2 atom stereocenters. The van der Waals surface area contributed by atoms with Crippen molar-refractivity contribution in [3.63, 3.8) is 0 Å². The highest BCUT2D eigenvalue weighted by molar-refractivity contribution is 7.99. The number of rotatable bonds is 3. The molecule has 0 bridgehead atoms. The maximum absolute atomic E-state index is 12.2. The van der Waals surface area contributed by atoms with Crippen LogP contribution in [0.25, 0.3) is 0 Å². The first-order valence-corrected chi connectivity index (χ1v) is 8.06. The van der Waals surface area contributed by atoms with Crippen molar-refractivity contribution in [2.75, 3.05) is 6.26 Å². The number of carbonyl (C=O) groups excluding carboxylic acids is 1. The third kappa shape index (κ3) is 3.45. The first-order valence-electron chi connectivity index (χ1n) is 6.32. The van der Waals surface area contributed by atoms with Crippen molar-refractivity contribution < 1.29 is 4.79 Å². The van der Waals surface area contributed by atoms with Crippen LogP contribution in [-0.4, -0.2) is 23.5 Å². The van der Waals surface area contributed by atoms with Crippen molar-refractivity contribution in [1.29, 1.82) is 0 Å². The highest BCUT2D eigenvalue weighted by atomic mass is 32.2. The maximum atomic E-state index is 12.2. The second-order valence-electron chi connectivity index (χ2n) is 4.71. The van der Waals surface area contributed by atoms with Gasteiger partial charge < -0.3 is 5.32 Å². The van der Waals surface area contributed by atoms with E-state index in [2.05, 4.69) is 24.2 Å². The monoisotopic (exact) mass is 281 g/mol. The molecule has 2 unspecified atom stereocenters. The van der Waals surface area contributed by atoms with E-state index in [1.165, 1.54) is 12.8 Å². The van der Waals surface area contributed by atoms with Gasteiger partial charge in [-0.15, -0.1) is 12.6 Å². The number of hydrogen-bond donors (Lipinski definition) is 2. The lowest BCUT2D eigenvalue weighted by atomic mass is 9.94. The van der Waals surface area contributed by atoms with Gasteiger partial charge in [-0.2, -0.15) is 11.8 Å². The molecular weight excluding hydrogens is 262 g/mol. The second kappa shape index (κ2) is 6.53. The molecule has 1 aromatic rings. The Labute approximate surface area is 118 Å². The summed E-state index contributed by atoms with van der Waals surface area (Å²) in [6.07, 6.45) is 6.81. The highest BCUT2D eigenvalue weighted by Gasteiger charge is 2.23. The average molecular weight is 281 g/mol. The Morgan fingerprint density at radius 3 is 2.89 bits per heavy atom. The third-order valence-electron chi connectivity index (χ3n) is 3.44. The Hall–Kier alpha value is -0.610. The van der Waals surface area contributed by atoms with Crippen LogP contribution in [0.4, 0.5) is 0 Å². The van der Waals surface area contributed by atoms with Crippen LogP contribution >= 0.6 is 24.4 Å². The Kier molecular flexibility index (Phi) is 5.01. The lowest BCUT2D eigenvalue weighted by Gasteiger charge is -2.28. The van der Waals surface area contributed by atoms with Crippen LogP contribution < -0.4 is 5.32 Å². The van der Waals surface area contributed by atoms with Crippen LogP contribution in [0.2, 0.25) is 0 Å². The normalized spacial score (nSPS) is 23.7. The van der Waals surface area contributed by atoms with Crippen molar-refractivity contribution in [3.8, 4) is 0 Å². The fourth-order valence-corrected chi connectivity index (χ4v) is 3.51. The molecule has 1 aliphatic carbocycles. The van der Waals surface area contributed by atoms with E-state index in [-0.39, 0.29) is 5.91 Å². The van der Waals surface area contributed by atoms with Crippen molar-refractivity contribution in [3.05, 3.63) is 29.8 Å². The molecule has 0 saturated heterocycles. The van der Waals surface area contributed by atoms with Crippen molar-refractivity contribution in [2.45, 2.75) is 41.9 Å². The molecule has 0 heterocycles. The number of thiol groups is 1. The first-order chi connectivity index (χ1) is 8.70. The molecule has 18 heavy (non-hydrogen) atoms. The van der Waals surface area contributed by atoms with Crippen LogP contribution in [0.1, 0.15) is 36.0 Å². The molecule has 1 fully saturated rings. The molecule has 1 N–H and O–H groups in total. The fourth-order valence-electron chi connectivity index (χ4n) is 2.42. The highest BCUT2D eigenvalue weighted by Crippen LogP contribution is 2.27. The summed E-state index contributed by atoms with van der Waals surface area (Å²) in [6.45, 7) is 0. The Balaban J connectivity index is 1.97. The number of thioether (sulfide) groups is 1. The third-order valence-corrected chi connectivity index (χ3v) is 4.93.